The first-order chi connectivity index (χ1) is 7.56. The molecule has 2 rings (SSSR count). The van der Waals surface area contributed by atoms with Crippen molar-refractivity contribution in [2.75, 3.05) is 0 Å². The van der Waals surface area contributed by atoms with Crippen LogP contribution in [0.25, 0.3) is 5.65 Å². The van der Waals surface area contributed by atoms with Gasteiger partial charge in [0.05, 0.1) is 0 Å². The van der Waals surface area contributed by atoms with E-state index < -0.39 is 12.0 Å². The van der Waals surface area contributed by atoms with E-state index in [0.29, 0.717) is 11.5 Å². The van der Waals surface area contributed by atoms with Crippen LogP contribution in [-0.2, 0) is 11.2 Å². The number of pyridine rings is 1. The standard InChI is InChI=1S/C10H12N4O2/c1-6-2-3-14-9(4-6)12-8(13-14)5-7(11)10(15)16/h2-4,7H,5,11H2,1H3,(H,15,16). The van der Waals surface area contributed by atoms with Crippen molar-refractivity contribution < 1.29 is 9.90 Å². The number of carboxylic acids is 1. The molecule has 0 radical (unpaired) electrons. The zero-order valence-electron chi connectivity index (χ0n) is 8.79. The maximum atomic E-state index is 10.6. The Balaban J connectivity index is 2.29. The molecule has 1 atom stereocenters. The fourth-order valence-corrected chi connectivity index (χ4v) is 1.40. The van der Waals surface area contributed by atoms with Crippen molar-refractivity contribution in [2.45, 2.75) is 19.4 Å². The second-order valence-corrected chi connectivity index (χ2v) is 3.68. The summed E-state index contributed by atoms with van der Waals surface area (Å²) in [6, 6.07) is 2.82. The van der Waals surface area contributed by atoms with E-state index in [4.69, 9.17) is 10.8 Å². The number of carboxylic acid groups (broad SMARTS) is 1. The Morgan fingerprint density at radius 1 is 1.69 bits per heavy atom. The number of hydrogen-bond donors (Lipinski definition) is 2. The first kappa shape index (κ1) is 10.6. The van der Waals surface area contributed by atoms with Gasteiger partial charge in [-0.25, -0.2) is 9.50 Å². The van der Waals surface area contributed by atoms with Gasteiger partial charge < -0.3 is 10.8 Å². The van der Waals surface area contributed by atoms with Crippen LogP contribution in [0.1, 0.15) is 11.4 Å². The van der Waals surface area contributed by atoms with Gasteiger partial charge in [0.25, 0.3) is 0 Å². The highest BCUT2D eigenvalue weighted by Crippen LogP contribution is 2.05. The molecule has 1 unspecified atom stereocenters. The van der Waals surface area contributed by atoms with E-state index in [9.17, 15) is 4.79 Å². The molecule has 6 heteroatoms. The van der Waals surface area contributed by atoms with Crippen LogP contribution >= 0.6 is 0 Å². The van der Waals surface area contributed by atoms with E-state index in [1.807, 2.05) is 19.1 Å². The molecule has 0 bridgehead atoms. The molecule has 0 aliphatic carbocycles. The number of carbonyl (C=O) groups is 1. The van der Waals surface area contributed by atoms with Crippen LogP contribution in [0.15, 0.2) is 18.3 Å². The Morgan fingerprint density at radius 3 is 3.12 bits per heavy atom. The Bertz CT molecular complexity index is 535. The van der Waals surface area contributed by atoms with Gasteiger partial charge >= 0.3 is 5.97 Å². The van der Waals surface area contributed by atoms with Crippen LogP contribution in [-0.4, -0.2) is 31.7 Å². The summed E-state index contributed by atoms with van der Waals surface area (Å²) in [6.07, 6.45) is 1.92. The third kappa shape index (κ3) is 2.01. The van der Waals surface area contributed by atoms with E-state index in [2.05, 4.69) is 10.1 Å². The summed E-state index contributed by atoms with van der Waals surface area (Å²) in [7, 11) is 0. The largest absolute Gasteiger partial charge is 0.480 e. The molecule has 0 aliphatic rings. The van der Waals surface area contributed by atoms with Crippen molar-refractivity contribution in [2.24, 2.45) is 5.73 Å². The molecule has 0 aromatic carbocycles. The minimum atomic E-state index is -1.05. The molecule has 16 heavy (non-hydrogen) atoms. The number of hydrogen-bond acceptors (Lipinski definition) is 4. The molecule has 84 valence electrons. The van der Waals surface area contributed by atoms with Crippen LogP contribution in [0.4, 0.5) is 0 Å². The third-order valence-electron chi connectivity index (χ3n) is 2.26. The van der Waals surface area contributed by atoms with Gasteiger partial charge in [0.2, 0.25) is 0 Å². The lowest BCUT2D eigenvalue weighted by molar-refractivity contribution is -0.138. The summed E-state index contributed by atoms with van der Waals surface area (Å²) in [5.74, 6) is -0.601. The smallest absolute Gasteiger partial charge is 0.320 e. The van der Waals surface area contributed by atoms with Gasteiger partial charge in [-0.3, -0.25) is 4.79 Å². The number of nitrogens with zero attached hydrogens (tertiary/aromatic N) is 3. The second-order valence-electron chi connectivity index (χ2n) is 3.68. The molecule has 0 saturated heterocycles. The summed E-state index contributed by atoms with van der Waals surface area (Å²) in [5.41, 5.74) is 7.19. The average Bonchev–Trinajstić information content (AvgIpc) is 2.58. The lowest BCUT2D eigenvalue weighted by atomic mass is 10.2. The maximum absolute atomic E-state index is 10.6. The van der Waals surface area contributed by atoms with Crippen molar-refractivity contribution in [1.29, 1.82) is 0 Å². The third-order valence-corrected chi connectivity index (χ3v) is 2.26. The van der Waals surface area contributed by atoms with E-state index >= 15 is 0 Å². The Kier molecular flexibility index (Phi) is 2.57. The fraction of sp³-hybridized carbons (Fsp3) is 0.300. The molecule has 0 aliphatic heterocycles. The van der Waals surface area contributed by atoms with Gasteiger partial charge in [-0.15, -0.1) is 0 Å². The van der Waals surface area contributed by atoms with Gasteiger partial charge in [0.1, 0.15) is 6.04 Å². The molecule has 0 spiro atoms. The molecule has 3 N–H and O–H groups in total. The molecule has 2 aromatic heterocycles. The molecule has 0 saturated carbocycles. The van der Waals surface area contributed by atoms with Crippen LogP contribution in [0.5, 0.6) is 0 Å². The van der Waals surface area contributed by atoms with Crippen LogP contribution < -0.4 is 5.73 Å². The zero-order chi connectivity index (χ0) is 11.7. The second kappa shape index (κ2) is 3.90. The van der Waals surface area contributed by atoms with Gasteiger partial charge in [-0.05, 0) is 24.6 Å². The Morgan fingerprint density at radius 2 is 2.44 bits per heavy atom. The molecule has 6 nitrogen and oxygen atoms in total. The predicted octanol–water partition coefficient (Wildman–Crippen LogP) is -0.00788. The minimum absolute atomic E-state index is 0.135. The maximum Gasteiger partial charge on any atom is 0.320 e. The summed E-state index contributed by atoms with van der Waals surface area (Å²) in [5, 5.41) is 12.8. The topological polar surface area (TPSA) is 93.5 Å². The first-order valence-electron chi connectivity index (χ1n) is 4.86. The lowest BCUT2D eigenvalue weighted by Gasteiger charge is -2.00. The van der Waals surface area contributed by atoms with Gasteiger partial charge in [0.15, 0.2) is 11.5 Å². The molecular formula is C10H12N4O2. The van der Waals surface area contributed by atoms with Gasteiger partial charge in [-0.2, -0.15) is 5.10 Å². The van der Waals surface area contributed by atoms with Gasteiger partial charge in [0, 0.05) is 12.6 Å². The van der Waals surface area contributed by atoms with Crippen molar-refractivity contribution in [3.8, 4) is 0 Å². The van der Waals surface area contributed by atoms with Crippen molar-refractivity contribution in [3.63, 3.8) is 0 Å². The van der Waals surface area contributed by atoms with Crippen LogP contribution in [0.2, 0.25) is 0 Å². The van der Waals surface area contributed by atoms with E-state index in [-0.39, 0.29) is 6.42 Å². The SMILES string of the molecule is Cc1ccn2nc(CC(N)C(=O)O)nc2c1. The predicted molar refractivity (Wildman–Crippen MR) is 57.0 cm³/mol. The number of aryl methyl sites for hydroxylation is 1. The van der Waals surface area contributed by atoms with Gasteiger partial charge in [-0.1, -0.05) is 0 Å². The monoisotopic (exact) mass is 220 g/mol. The Labute approximate surface area is 91.7 Å². The molecule has 0 amide bonds. The average molecular weight is 220 g/mol. The fourth-order valence-electron chi connectivity index (χ4n) is 1.40. The normalized spacial score (nSPS) is 12.9. The quantitative estimate of drug-likeness (QED) is 0.758. The van der Waals surface area contributed by atoms with Crippen molar-refractivity contribution in [1.82, 2.24) is 14.6 Å². The summed E-state index contributed by atoms with van der Waals surface area (Å²) in [6.45, 7) is 1.96. The number of aliphatic carboxylic acids is 1. The molecule has 0 fully saturated rings. The highest BCUT2D eigenvalue weighted by atomic mass is 16.4. The van der Waals surface area contributed by atoms with Crippen LogP contribution in [0, 0.1) is 6.92 Å². The van der Waals surface area contributed by atoms with E-state index in [0.717, 1.165) is 5.56 Å². The van der Waals surface area contributed by atoms with Crippen molar-refractivity contribution in [3.05, 3.63) is 29.7 Å². The number of rotatable bonds is 3. The number of aromatic nitrogens is 3. The van der Waals surface area contributed by atoms with E-state index in [1.165, 1.54) is 0 Å². The minimum Gasteiger partial charge on any atom is -0.480 e. The number of nitrogens with two attached hydrogens (primary N) is 1. The summed E-state index contributed by atoms with van der Waals surface area (Å²) < 4.78 is 1.61. The summed E-state index contributed by atoms with van der Waals surface area (Å²) in [4.78, 5) is 14.8. The molecule has 2 heterocycles. The highest BCUT2D eigenvalue weighted by molar-refractivity contribution is 5.73. The lowest BCUT2D eigenvalue weighted by Crippen LogP contribution is -2.32. The highest BCUT2D eigenvalue weighted by Gasteiger charge is 2.15. The summed E-state index contributed by atoms with van der Waals surface area (Å²) >= 11 is 0. The molecular weight excluding hydrogens is 208 g/mol. The molecule has 2 aromatic rings. The first-order valence-corrected chi connectivity index (χ1v) is 4.86. The Hall–Kier alpha value is -1.95. The van der Waals surface area contributed by atoms with E-state index in [1.54, 1.807) is 10.7 Å². The zero-order valence-corrected chi connectivity index (χ0v) is 8.79. The van der Waals surface area contributed by atoms with Crippen molar-refractivity contribution >= 4 is 11.6 Å². The number of fused-ring (bicyclic) bond motifs is 1. The van der Waals surface area contributed by atoms with Crippen LogP contribution in [0.3, 0.4) is 0 Å².